The molecule has 0 bridgehead atoms. The van der Waals surface area contributed by atoms with Crippen molar-refractivity contribution in [2.45, 2.75) is 25.6 Å². The van der Waals surface area contributed by atoms with Crippen LogP contribution in [0.1, 0.15) is 11.7 Å². The van der Waals surface area contributed by atoms with E-state index in [1.54, 1.807) is 12.1 Å². The van der Waals surface area contributed by atoms with E-state index in [1.165, 1.54) is 0 Å². The van der Waals surface area contributed by atoms with Crippen LogP contribution in [0.2, 0.25) is 0 Å². The maximum absolute atomic E-state index is 12.1. The van der Waals surface area contributed by atoms with Gasteiger partial charge in [-0.2, -0.15) is 4.98 Å². The van der Waals surface area contributed by atoms with E-state index in [2.05, 4.69) is 10.1 Å². The maximum Gasteiger partial charge on any atom is 0.264 e. The molecule has 1 atom stereocenters. The predicted molar refractivity (Wildman–Crippen MR) is 60.8 cm³/mol. The fourth-order valence-corrected chi connectivity index (χ4v) is 1.36. The van der Waals surface area contributed by atoms with Crippen molar-refractivity contribution in [2.75, 3.05) is 0 Å². The van der Waals surface area contributed by atoms with Crippen LogP contribution in [-0.2, 0) is 13.0 Å². The minimum Gasteiger partial charge on any atom is -0.485 e. The van der Waals surface area contributed by atoms with Gasteiger partial charge in [-0.05, 0) is 12.1 Å². The van der Waals surface area contributed by atoms with Gasteiger partial charge in [-0.3, -0.25) is 0 Å². The lowest BCUT2D eigenvalue weighted by Crippen LogP contribution is -2.20. The molecule has 0 spiro atoms. The molecule has 0 amide bonds. The zero-order valence-electron chi connectivity index (χ0n) is 9.87. The molecule has 1 unspecified atom stereocenters. The fraction of sp³-hybridized carbons (Fsp3) is 0.333. The molecule has 2 aromatic rings. The zero-order chi connectivity index (χ0) is 13.7. The molecule has 102 valence electrons. The third-order valence-electron chi connectivity index (χ3n) is 2.30. The van der Waals surface area contributed by atoms with Crippen LogP contribution >= 0.6 is 0 Å². The highest BCUT2D eigenvalue weighted by molar-refractivity contribution is 5.20. The first kappa shape index (κ1) is 13.4. The van der Waals surface area contributed by atoms with E-state index in [0.717, 1.165) is 0 Å². The molecule has 7 heteroatoms. The van der Waals surface area contributed by atoms with Gasteiger partial charge in [-0.15, -0.1) is 0 Å². The monoisotopic (exact) mass is 270 g/mol. The van der Waals surface area contributed by atoms with Crippen molar-refractivity contribution in [3.05, 3.63) is 42.0 Å². The van der Waals surface area contributed by atoms with E-state index < -0.39 is 12.5 Å². The summed E-state index contributed by atoms with van der Waals surface area (Å²) >= 11 is 0. The van der Waals surface area contributed by atoms with Crippen LogP contribution in [0.4, 0.5) is 8.78 Å². The summed E-state index contributed by atoms with van der Waals surface area (Å²) < 4.78 is 34.4. The van der Waals surface area contributed by atoms with Gasteiger partial charge in [0.25, 0.3) is 6.43 Å². The molecule has 0 fully saturated rings. The number of benzene rings is 1. The molecule has 0 saturated heterocycles. The van der Waals surface area contributed by atoms with Crippen LogP contribution in [0.15, 0.2) is 34.9 Å². The number of ether oxygens (including phenoxy) is 1. The van der Waals surface area contributed by atoms with Gasteiger partial charge in [0, 0.05) is 0 Å². The lowest BCUT2D eigenvalue weighted by Gasteiger charge is -2.04. The summed E-state index contributed by atoms with van der Waals surface area (Å²) in [6, 6.07) is 9.01. The molecule has 0 aliphatic rings. The van der Waals surface area contributed by atoms with Crippen molar-refractivity contribution >= 4 is 0 Å². The van der Waals surface area contributed by atoms with Crippen molar-refractivity contribution in [2.24, 2.45) is 0 Å². The molecule has 1 aromatic heterocycles. The Labute approximate surface area is 107 Å². The Morgan fingerprint density at radius 2 is 2.00 bits per heavy atom. The summed E-state index contributed by atoms with van der Waals surface area (Å²) in [6.07, 6.45) is -5.02. The summed E-state index contributed by atoms with van der Waals surface area (Å²) in [5.41, 5.74) is 0. The second-order valence-corrected chi connectivity index (χ2v) is 3.81. The summed E-state index contributed by atoms with van der Waals surface area (Å²) in [4.78, 5) is 3.85. The Bertz CT molecular complexity index is 505. The average Bonchev–Trinajstić information content (AvgIpc) is 2.85. The number of aliphatic hydroxyl groups is 1. The lowest BCUT2D eigenvalue weighted by molar-refractivity contribution is -0.00754. The number of nitrogens with zero attached hydrogens (tertiary/aromatic N) is 2. The fourth-order valence-electron chi connectivity index (χ4n) is 1.36. The van der Waals surface area contributed by atoms with Crippen LogP contribution in [0.3, 0.4) is 0 Å². The number of alkyl halides is 2. The van der Waals surface area contributed by atoms with E-state index in [1.807, 2.05) is 18.2 Å². The Morgan fingerprint density at radius 1 is 1.26 bits per heavy atom. The van der Waals surface area contributed by atoms with Crippen LogP contribution in [0.25, 0.3) is 0 Å². The van der Waals surface area contributed by atoms with E-state index in [4.69, 9.17) is 14.4 Å². The molecule has 1 heterocycles. The minimum absolute atomic E-state index is 0.0422. The smallest absolute Gasteiger partial charge is 0.264 e. The maximum atomic E-state index is 12.1. The first-order valence-corrected chi connectivity index (χ1v) is 5.60. The molecule has 19 heavy (non-hydrogen) atoms. The van der Waals surface area contributed by atoms with Gasteiger partial charge in [0.1, 0.15) is 11.9 Å². The zero-order valence-corrected chi connectivity index (χ0v) is 9.87. The van der Waals surface area contributed by atoms with Crippen LogP contribution in [0, 0.1) is 0 Å². The predicted octanol–water partition coefficient (Wildman–Crippen LogP) is 1.82. The van der Waals surface area contributed by atoms with Crippen LogP contribution in [-0.4, -0.2) is 27.8 Å². The standard InChI is InChI=1S/C12H12F2N2O3/c13-12(14)9(17)6-11-15-10(16-19-11)7-18-8-4-2-1-3-5-8/h1-5,9,12,17H,6-7H2. The normalized spacial score (nSPS) is 12.6. The molecule has 2 rings (SSSR count). The number of aromatic nitrogens is 2. The highest BCUT2D eigenvalue weighted by atomic mass is 19.3. The van der Waals surface area contributed by atoms with Crippen LogP contribution < -0.4 is 4.74 Å². The number of hydrogen-bond donors (Lipinski definition) is 1. The molecular formula is C12H12F2N2O3. The van der Waals surface area contributed by atoms with Gasteiger partial charge in [0.15, 0.2) is 6.61 Å². The van der Waals surface area contributed by atoms with Crippen molar-refractivity contribution < 1.29 is 23.1 Å². The van der Waals surface area contributed by atoms with Gasteiger partial charge in [-0.25, -0.2) is 8.78 Å². The molecule has 1 N–H and O–H groups in total. The summed E-state index contributed by atoms with van der Waals surface area (Å²) in [5, 5.41) is 12.6. The van der Waals surface area contributed by atoms with E-state index in [-0.39, 0.29) is 24.7 Å². The number of hydrogen-bond acceptors (Lipinski definition) is 5. The van der Waals surface area contributed by atoms with Crippen molar-refractivity contribution in [3.8, 4) is 5.75 Å². The summed E-state index contributed by atoms with van der Waals surface area (Å²) in [7, 11) is 0. The largest absolute Gasteiger partial charge is 0.485 e. The Hall–Kier alpha value is -2.02. The van der Waals surface area contributed by atoms with E-state index in [0.29, 0.717) is 5.75 Å². The van der Waals surface area contributed by atoms with Gasteiger partial charge in [0.05, 0.1) is 6.42 Å². The Balaban J connectivity index is 1.87. The molecule has 0 saturated carbocycles. The molecule has 5 nitrogen and oxygen atoms in total. The molecule has 0 aliphatic heterocycles. The molecule has 1 aromatic carbocycles. The first-order valence-electron chi connectivity index (χ1n) is 5.60. The minimum atomic E-state index is -2.84. The molecular weight excluding hydrogens is 258 g/mol. The van der Waals surface area contributed by atoms with Gasteiger partial charge >= 0.3 is 0 Å². The summed E-state index contributed by atoms with van der Waals surface area (Å²) in [5.74, 6) is 0.834. The number of aliphatic hydroxyl groups excluding tert-OH is 1. The van der Waals surface area contributed by atoms with Gasteiger partial charge < -0.3 is 14.4 Å². The second kappa shape index (κ2) is 6.24. The highest BCUT2D eigenvalue weighted by Gasteiger charge is 2.20. The Morgan fingerprint density at radius 3 is 2.68 bits per heavy atom. The Kier molecular flexibility index (Phi) is 4.40. The van der Waals surface area contributed by atoms with Crippen molar-refractivity contribution in [1.29, 1.82) is 0 Å². The molecule has 0 radical (unpaired) electrons. The average molecular weight is 270 g/mol. The summed E-state index contributed by atoms with van der Waals surface area (Å²) in [6.45, 7) is 0.0677. The van der Waals surface area contributed by atoms with Gasteiger partial charge in [-0.1, -0.05) is 23.4 Å². The third kappa shape index (κ3) is 3.99. The number of rotatable bonds is 6. The van der Waals surface area contributed by atoms with E-state index >= 15 is 0 Å². The van der Waals surface area contributed by atoms with Crippen molar-refractivity contribution in [3.63, 3.8) is 0 Å². The lowest BCUT2D eigenvalue weighted by atomic mass is 10.2. The second-order valence-electron chi connectivity index (χ2n) is 3.81. The van der Waals surface area contributed by atoms with Crippen molar-refractivity contribution in [1.82, 2.24) is 10.1 Å². The third-order valence-corrected chi connectivity index (χ3v) is 2.30. The first-order chi connectivity index (χ1) is 9.15. The quantitative estimate of drug-likeness (QED) is 0.867. The van der Waals surface area contributed by atoms with E-state index in [9.17, 15) is 8.78 Å². The highest BCUT2D eigenvalue weighted by Crippen LogP contribution is 2.11. The number of para-hydroxylation sites is 1. The topological polar surface area (TPSA) is 68.4 Å². The molecule has 0 aliphatic carbocycles. The SMILES string of the molecule is OC(Cc1nc(COc2ccccc2)no1)C(F)F. The van der Waals surface area contributed by atoms with Crippen LogP contribution in [0.5, 0.6) is 5.75 Å². The van der Waals surface area contributed by atoms with Gasteiger partial charge in [0.2, 0.25) is 11.7 Å². The number of halogens is 2.